The first-order valence-corrected chi connectivity index (χ1v) is 8.08. The minimum Gasteiger partial charge on any atom is -0.374 e. The summed E-state index contributed by atoms with van der Waals surface area (Å²) in [5.41, 5.74) is 3.49. The molecule has 0 atom stereocenters. The van der Waals surface area contributed by atoms with Crippen LogP contribution >= 0.6 is 0 Å². The Balaban J connectivity index is 1.77. The van der Waals surface area contributed by atoms with E-state index in [1.54, 1.807) is 0 Å². The Bertz CT molecular complexity index is 771. The van der Waals surface area contributed by atoms with Crippen LogP contribution in [0.1, 0.15) is 25.3 Å². The van der Waals surface area contributed by atoms with Crippen molar-refractivity contribution in [3.05, 3.63) is 54.1 Å². The molecule has 0 unspecified atom stereocenters. The van der Waals surface area contributed by atoms with Crippen LogP contribution in [-0.2, 0) is 9.59 Å². The lowest BCUT2D eigenvalue weighted by Crippen LogP contribution is -2.44. The second kappa shape index (κ2) is 6.74. The first-order valence-electron chi connectivity index (χ1n) is 8.08. The molecule has 0 spiro atoms. The number of nitrogens with zero attached hydrogens (tertiary/aromatic N) is 1. The van der Waals surface area contributed by atoms with Crippen LogP contribution in [0.4, 0.5) is 17.1 Å². The van der Waals surface area contributed by atoms with Gasteiger partial charge >= 0.3 is 0 Å². The molecule has 2 N–H and O–H groups in total. The number of benzene rings is 2. The van der Waals surface area contributed by atoms with Crippen molar-refractivity contribution >= 4 is 28.9 Å². The van der Waals surface area contributed by atoms with E-state index in [2.05, 4.69) is 24.5 Å². The van der Waals surface area contributed by atoms with Gasteiger partial charge in [-0.25, -0.2) is 0 Å². The van der Waals surface area contributed by atoms with Gasteiger partial charge in [-0.15, -0.1) is 0 Å². The molecule has 0 aliphatic carbocycles. The van der Waals surface area contributed by atoms with Gasteiger partial charge in [-0.2, -0.15) is 0 Å². The summed E-state index contributed by atoms with van der Waals surface area (Å²) in [6.45, 7) is 4.37. The Hall–Kier alpha value is -2.82. The Labute approximate surface area is 141 Å². The van der Waals surface area contributed by atoms with Gasteiger partial charge < -0.3 is 10.6 Å². The van der Waals surface area contributed by atoms with Crippen molar-refractivity contribution in [2.45, 2.75) is 19.8 Å². The monoisotopic (exact) mass is 323 g/mol. The van der Waals surface area contributed by atoms with Gasteiger partial charge in [0.25, 0.3) is 0 Å². The summed E-state index contributed by atoms with van der Waals surface area (Å²) in [6.07, 6.45) is 0. The predicted octanol–water partition coefficient (Wildman–Crippen LogP) is 3.21. The minimum absolute atomic E-state index is 0.00392. The second-order valence-corrected chi connectivity index (χ2v) is 6.14. The highest BCUT2D eigenvalue weighted by atomic mass is 16.2. The van der Waals surface area contributed by atoms with Crippen LogP contribution in [0, 0.1) is 0 Å². The molecule has 2 aromatic rings. The highest BCUT2D eigenvalue weighted by Gasteiger charge is 2.25. The summed E-state index contributed by atoms with van der Waals surface area (Å²) >= 11 is 0. The number of fused-ring (bicyclic) bond motifs is 1. The molecule has 2 amide bonds. The zero-order valence-electron chi connectivity index (χ0n) is 13.9. The summed E-state index contributed by atoms with van der Waals surface area (Å²) in [7, 11) is 0. The Morgan fingerprint density at radius 2 is 1.88 bits per heavy atom. The molecule has 1 aliphatic rings. The van der Waals surface area contributed by atoms with Crippen molar-refractivity contribution in [1.29, 1.82) is 0 Å². The molecule has 3 rings (SSSR count). The van der Waals surface area contributed by atoms with E-state index in [-0.39, 0.29) is 24.9 Å². The maximum Gasteiger partial charge on any atom is 0.246 e. The Morgan fingerprint density at radius 1 is 1.17 bits per heavy atom. The molecule has 0 radical (unpaired) electrons. The largest absolute Gasteiger partial charge is 0.374 e. The van der Waals surface area contributed by atoms with Gasteiger partial charge in [-0.05, 0) is 29.7 Å². The predicted molar refractivity (Wildman–Crippen MR) is 96.4 cm³/mol. The molecule has 24 heavy (non-hydrogen) atoms. The van der Waals surface area contributed by atoms with Gasteiger partial charge in [-0.1, -0.05) is 44.2 Å². The summed E-state index contributed by atoms with van der Waals surface area (Å²) in [5.74, 6) is -0.00260. The molecule has 124 valence electrons. The van der Waals surface area contributed by atoms with E-state index >= 15 is 0 Å². The average molecular weight is 323 g/mol. The van der Waals surface area contributed by atoms with E-state index in [4.69, 9.17) is 0 Å². The van der Waals surface area contributed by atoms with Crippen LogP contribution in [-0.4, -0.2) is 24.9 Å². The summed E-state index contributed by atoms with van der Waals surface area (Å²) < 4.78 is 0. The lowest BCUT2D eigenvalue weighted by molar-refractivity contribution is -0.120. The van der Waals surface area contributed by atoms with Gasteiger partial charge in [0.1, 0.15) is 6.54 Å². The van der Waals surface area contributed by atoms with Crippen LogP contribution in [0.3, 0.4) is 0 Å². The van der Waals surface area contributed by atoms with Crippen molar-refractivity contribution in [2.24, 2.45) is 0 Å². The molecule has 1 heterocycles. The van der Waals surface area contributed by atoms with E-state index in [0.29, 0.717) is 5.92 Å². The van der Waals surface area contributed by atoms with Crippen LogP contribution in [0.5, 0.6) is 0 Å². The minimum atomic E-state index is -0.201. The van der Waals surface area contributed by atoms with Gasteiger partial charge in [0.15, 0.2) is 0 Å². The third kappa shape index (κ3) is 3.25. The number of carbonyl (C=O) groups excluding carboxylic acids is 2. The normalized spacial score (nSPS) is 13.5. The quantitative estimate of drug-likeness (QED) is 0.908. The number of rotatable bonds is 4. The molecule has 5 heteroatoms. The molecule has 0 aromatic heterocycles. The topological polar surface area (TPSA) is 61.4 Å². The second-order valence-electron chi connectivity index (χ2n) is 6.14. The molecule has 5 nitrogen and oxygen atoms in total. The van der Waals surface area contributed by atoms with Gasteiger partial charge in [0, 0.05) is 5.69 Å². The number of anilines is 3. The first-order chi connectivity index (χ1) is 11.6. The number of hydrogen-bond donors (Lipinski definition) is 2. The van der Waals surface area contributed by atoms with Crippen molar-refractivity contribution < 1.29 is 9.59 Å². The molecule has 1 aliphatic heterocycles. The van der Waals surface area contributed by atoms with Gasteiger partial charge in [0.05, 0.1) is 17.9 Å². The fourth-order valence-corrected chi connectivity index (χ4v) is 2.88. The third-order valence-electron chi connectivity index (χ3n) is 4.08. The summed E-state index contributed by atoms with van der Waals surface area (Å²) in [4.78, 5) is 26.2. The standard InChI is InChI=1S/C19H21N3O2/c1-13(2)14-7-3-4-8-15(14)21-18(23)12-22-17-10-6-5-9-16(17)20-11-19(22)24/h3-10,13,20H,11-12H2,1-2H3,(H,21,23). The molecule has 0 bridgehead atoms. The maximum absolute atomic E-state index is 12.5. The average Bonchev–Trinajstić information content (AvgIpc) is 2.58. The molecule has 0 saturated carbocycles. The van der Waals surface area contributed by atoms with Crippen LogP contribution in [0.25, 0.3) is 0 Å². The highest BCUT2D eigenvalue weighted by molar-refractivity contribution is 6.07. The Morgan fingerprint density at radius 3 is 2.67 bits per heavy atom. The number of amides is 2. The van der Waals surface area contributed by atoms with E-state index in [1.807, 2.05) is 48.5 Å². The molecular formula is C19H21N3O2. The number of hydrogen-bond acceptors (Lipinski definition) is 3. The SMILES string of the molecule is CC(C)c1ccccc1NC(=O)CN1C(=O)CNc2ccccc21. The van der Waals surface area contributed by atoms with E-state index < -0.39 is 0 Å². The van der Waals surface area contributed by atoms with Crippen molar-refractivity contribution in [2.75, 3.05) is 28.6 Å². The summed E-state index contributed by atoms with van der Waals surface area (Å²) in [6, 6.07) is 15.3. The molecule has 2 aromatic carbocycles. The van der Waals surface area contributed by atoms with Crippen molar-refractivity contribution in [1.82, 2.24) is 0 Å². The first kappa shape index (κ1) is 16.1. The van der Waals surface area contributed by atoms with E-state index in [0.717, 1.165) is 22.6 Å². The van der Waals surface area contributed by atoms with E-state index in [1.165, 1.54) is 4.90 Å². The number of carbonyl (C=O) groups is 2. The van der Waals surface area contributed by atoms with Crippen molar-refractivity contribution in [3.63, 3.8) is 0 Å². The third-order valence-corrected chi connectivity index (χ3v) is 4.08. The Kier molecular flexibility index (Phi) is 4.51. The number of para-hydroxylation sites is 3. The zero-order valence-corrected chi connectivity index (χ0v) is 13.9. The van der Waals surface area contributed by atoms with Gasteiger partial charge in [-0.3, -0.25) is 14.5 Å². The maximum atomic E-state index is 12.5. The van der Waals surface area contributed by atoms with Crippen LogP contribution in [0.2, 0.25) is 0 Å². The smallest absolute Gasteiger partial charge is 0.246 e. The fourth-order valence-electron chi connectivity index (χ4n) is 2.88. The highest BCUT2D eigenvalue weighted by Crippen LogP contribution is 2.29. The van der Waals surface area contributed by atoms with Crippen LogP contribution < -0.4 is 15.5 Å². The number of nitrogens with one attached hydrogen (secondary N) is 2. The fraction of sp³-hybridized carbons (Fsp3) is 0.263. The molecule has 0 fully saturated rings. The lowest BCUT2D eigenvalue weighted by Gasteiger charge is -2.29. The van der Waals surface area contributed by atoms with Crippen LogP contribution in [0.15, 0.2) is 48.5 Å². The van der Waals surface area contributed by atoms with E-state index in [9.17, 15) is 9.59 Å². The van der Waals surface area contributed by atoms with Gasteiger partial charge in [0.2, 0.25) is 11.8 Å². The summed E-state index contributed by atoms with van der Waals surface area (Å²) in [5, 5.41) is 6.00. The molecule has 0 saturated heterocycles. The van der Waals surface area contributed by atoms with Crippen molar-refractivity contribution in [3.8, 4) is 0 Å². The zero-order chi connectivity index (χ0) is 17.1. The molecular weight excluding hydrogens is 302 g/mol. The lowest BCUT2D eigenvalue weighted by atomic mass is 10.0.